The first-order chi connectivity index (χ1) is 11.1. The van der Waals surface area contributed by atoms with E-state index in [4.69, 9.17) is 9.15 Å². The highest BCUT2D eigenvalue weighted by molar-refractivity contribution is 5.91. The number of carbonyl (C=O) groups excluding carboxylic acids is 2. The lowest BCUT2D eigenvalue weighted by molar-refractivity contribution is -0.145. The molecule has 0 radical (unpaired) electrons. The summed E-state index contributed by atoms with van der Waals surface area (Å²) >= 11 is 0. The second-order valence-electron chi connectivity index (χ2n) is 5.39. The Labute approximate surface area is 135 Å². The number of nitrogens with zero attached hydrogens (tertiary/aromatic N) is 1. The van der Waals surface area contributed by atoms with Crippen LogP contribution in [-0.4, -0.2) is 37.0 Å². The summed E-state index contributed by atoms with van der Waals surface area (Å²) in [4.78, 5) is 25.8. The quantitative estimate of drug-likeness (QED) is 0.737. The van der Waals surface area contributed by atoms with Gasteiger partial charge >= 0.3 is 5.97 Å². The minimum absolute atomic E-state index is 0.221. The molecule has 0 saturated heterocycles. The first-order valence-corrected chi connectivity index (χ1v) is 7.56. The monoisotopic (exact) mass is 315 g/mol. The van der Waals surface area contributed by atoms with Gasteiger partial charge in [0.15, 0.2) is 5.76 Å². The summed E-state index contributed by atoms with van der Waals surface area (Å²) in [5.74, 6) is -0.673. The van der Waals surface area contributed by atoms with E-state index in [1.807, 2.05) is 30.3 Å². The minimum atomic E-state index is -0.394. The molecule has 5 heteroatoms. The van der Waals surface area contributed by atoms with E-state index in [0.29, 0.717) is 19.5 Å². The Kier molecular flexibility index (Phi) is 5.97. The lowest BCUT2D eigenvalue weighted by atomic mass is 10.1. The smallest absolute Gasteiger partial charge is 0.310 e. The molecule has 1 atom stereocenters. The summed E-state index contributed by atoms with van der Waals surface area (Å²) in [6.07, 6.45) is 2.17. The van der Waals surface area contributed by atoms with Gasteiger partial charge < -0.3 is 14.1 Å². The first kappa shape index (κ1) is 16.8. The van der Waals surface area contributed by atoms with E-state index in [1.54, 1.807) is 24.0 Å². The molecule has 5 nitrogen and oxygen atoms in total. The van der Waals surface area contributed by atoms with Gasteiger partial charge in [0.2, 0.25) is 0 Å². The molecular formula is C18H21NO4. The lowest BCUT2D eigenvalue weighted by Crippen LogP contribution is -2.38. The first-order valence-electron chi connectivity index (χ1n) is 7.56. The van der Waals surface area contributed by atoms with Crippen LogP contribution in [0.3, 0.4) is 0 Å². The molecule has 2 aromatic rings. The van der Waals surface area contributed by atoms with Gasteiger partial charge in [-0.05, 0) is 24.1 Å². The van der Waals surface area contributed by atoms with Gasteiger partial charge in [-0.3, -0.25) is 9.59 Å². The molecule has 1 aromatic heterocycles. The molecule has 2 rings (SSSR count). The second-order valence-corrected chi connectivity index (χ2v) is 5.39. The Bertz CT molecular complexity index is 622. The van der Waals surface area contributed by atoms with Crippen molar-refractivity contribution in [2.24, 2.45) is 5.92 Å². The SMILES string of the molecule is COC(=O)C(C)CN(CCc1ccccc1)C(=O)c1ccco1. The number of benzene rings is 1. The van der Waals surface area contributed by atoms with Crippen molar-refractivity contribution in [1.82, 2.24) is 4.90 Å². The van der Waals surface area contributed by atoms with Crippen LogP contribution in [0.1, 0.15) is 23.0 Å². The molecule has 1 heterocycles. The summed E-state index contributed by atoms with van der Waals surface area (Å²) in [6.45, 7) is 2.54. The fraction of sp³-hybridized carbons (Fsp3) is 0.333. The average molecular weight is 315 g/mol. The fourth-order valence-electron chi connectivity index (χ4n) is 2.35. The van der Waals surface area contributed by atoms with E-state index < -0.39 is 5.92 Å². The molecule has 23 heavy (non-hydrogen) atoms. The fourth-order valence-corrected chi connectivity index (χ4v) is 2.35. The highest BCUT2D eigenvalue weighted by Crippen LogP contribution is 2.11. The second kappa shape index (κ2) is 8.17. The normalized spacial score (nSPS) is 11.7. The van der Waals surface area contributed by atoms with Crippen LogP contribution in [0.4, 0.5) is 0 Å². The van der Waals surface area contributed by atoms with Gasteiger partial charge in [-0.1, -0.05) is 37.3 Å². The molecule has 1 aromatic carbocycles. The number of hydrogen-bond acceptors (Lipinski definition) is 4. The van der Waals surface area contributed by atoms with Crippen molar-refractivity contribution >= 4 is 11.9 Å². The average Bonchev–Trinajstić information content (AvgIpc) is 3.12. The molecule has 0 aliphatic rings. The van der Waals surface area contributed by atoms with Crippen LogP contribution in [-0.2, 0) is 16.0 Å². The maximum Gasteiger partial charge on any atom is 0.310 e. The van der Waals surface area contributed by atoms with Crippen molar-refractivity contribution in [3.05, 3.63) is 60.1 Å². The van der Waals surface area contributed by atoms with Crippen LogP contribution in [0, 0.1) is 5.92 Å². The third kappa shape index (κ3) is 4.71. The number of hydrogen-bond donors (Lipinski definition) is 0. The third-order valence-corrected chi connectivity index (χ3v) is 3.63. The van der Waals surface area contributed by atoms with Gasteiger partial charge in [0.1, 0.15) is 0 Å². The van der Waals surface area contributed by atoms with Crippen molar-refractivity contribution in [1.29, 1.82) is 0 Å². The van der Waals surface area contributed by atoms with Gasteiger partial charge in [0, 0.05) is 13.1 Å². The van der Waals surface area contributed by atoms with E-state index in [9.17, 15) is 9.59 Å². The Hall–Kier alpha value is -2.56. The number of furan rings is 1. The van der Waals surface area contributed by atoms with Crippen molar-refractivity contribution < 1.29 is 18.7 Å². The summed E-state index contributed by atoms with van der Waals surface area (Å²) in [5, 5.41) is 0. The van der Waals surface area contributed by atoms with Crippen LogP contribution >= 0.6 is 0 Å². The van der Waals surface area contributed by atoms with Crippen molar-refractivity contribution in [2.45, 2.75) is 13.3 Å². The van der Waals surface area contributed by atoms with Gasteiger partial charge in [-0.15, -0.1) is 0 Å². The number of esters is 1. The van der Waals surface area contributed by atoms with Crippen LogP contribution in [0.5, 0.6) is 0 Å². The Balaban J connectivity index is 2.07. The topological polar surface area (TPSA) is 59.8 Å². The standard InChI is InChI=1S/C18H21NO4/c1-14(18(21)22-2)13-19(17(20)16-9-6-12-23-16)11-10-15-7-4-3-5-8-15/h3-9,12,14H,10-11,13H2,1-2H3. The molecule has 0 fully saturated rings. The largest absolute Gasteiger partial charge is 0.469 e. The van der Waals surface area contributed by atoms with Crippen molar-refractivity contribution in [2.75, 3.05) is 20.2 Å². The minimum Gasteiger partial charge on any atom is -0.469 e. The van der Waals surface area contributed by atoms with Crippen LogP contribution in [0.15, 0.2) is 53.1 Å². The summed E-state index contributed by atoms with van der Waals surface area (Å²) in [6, 6.07) is 13.2. The van der Waals surface area contributed by atoms with Gasteiger partial charge in [0.25, 0.3) is 5.91 Å². The maximum absolute atomic E-state index is 12.6. The van der Waals surface area contributed by atoms with Gasteiger partial charge in [-0.2, -0.15) is 0 Å². The van der Waals surface area contributed by atoms with E-state index >= 15 is 0 Å². The van der Waals surface area contributed by atoms with Gasteiger partial charge in [-0.25, -0.2) is 0 Å². The molecule has 0 spiro atoms. The van der Waals surface area contributed by atoms with Crippen LogP contribution in [0.2, 0.25) is 0 Å². The maximum atomic E-state index is 12.6. The molecular weight excluding hydrogens is 294 g/mol. The Morgan fingerprint density at radius 1 is 1.17 bits per heavy atom. The zero-order valence-corrected chi connectivity index (χ0v) is 13.4. The summed E-state index contributed by atoms with van der Waals surface area (Å²) < 4.78 is 9.94. The van der Waals surface area contributed by atoms with Crippen molar-refractivity contribution in [3.8, 4) is 0 Å². The number of ether oxygens (including phenoxy) is 1. The molecule has 0 aliphatic carbocycles. The van der Waals surface area contributed by atoms with E-state index in [1.165, 1.54) is 13.4 Å². The Morgan fingerprint density at radius 3 is 2.52 bits per heavy atom. The van der Waals surface area contributed by atoms with Crippen LogP contribution in [0.25, 0.3) is 0 Å². The summed E-state index contributed by atoms with van der Waals surface area (Å²) in [5.41, 5.74) is 1.13. The van der Waals surface area contributed by atoms with Crippen LogP contribution < -0.4 is 0 Å². The number of amides is 1. The highest BCUT2D eigenvalue weighted by Gasteiger charge is 2.23. The zero-order chi connectivity index (χ0) is 16.7. The molecule has 0 bridgehead atoms. The molecule has 1 amide bonds. The number of methoxy groups -OCH3 is 1. The molecule has 122 valence electrons. The predicted molar refractivity (Wildman–Crippen MR) is 85.9 cm³/mol. The van der Waals surface area contributed by atoms with E-state index in [-0.39, 0.29) is 17.6 Å². The van der Waals surface area contributed by atoms with E-state index in [2.05, 4.69) is 0 Å². The zero-order valence-electron chi connectivity index (χ0n) is 13.4. The number of carbonyl (C=O) groups is 2. The van der Waals surface area contributed by atoms with Crippen molar-refractivity contribution in [3.63, 3.8) is 0 Å². The molecule has 0 aliphatic heterocycles. The Morgan fingerprint density at radius 2 is 1.91 bits per heavy atom. The number of rotatable bonds is 7. The van der Waals surface area contributed by atoms with Gasteiger partial charge in [0.05, 0.1) is 19.3 Å². The molecule has 0 saturated carbocycles. The third-order valence-electron chi connectivity index (χ3n) is 3.63. The summed E-state index contributed by atoms with van der Waals surface area (Å²) in [7, 11) is 1.35. The highest BCUT2D eigenvalue weighted by atomic mass is 16.5. The lowest BCUT2D eigenvalue weighted by Gasteiger charge is -2.24. The van der Waals surface area contributed by atoms with E-state index in [0.717, 1.165) is 5.56 Å². The molecule has 1 unspecified atom stereocenters. The molecule has 0 N–H and O–H groups in total. The predicted octanol–water partition coefficient (Wildman–Crippen LogP) is 2.77.